The number of nitrogens with two attached hydrogens (primary N) is 1. The van der Waals surface area contributed by atoms with Gasteiger partial charge in [-0.25, -0.2) is 0 Å². The van der Waals surface area contributed by atoms with Crippen LogP contribution in [0.4, 0.5) is 5.69 Å². The first-order chi connectivity index (χ1) is 9.88. The number of hydrogen-bond acceptors (Lipinski definition) is 4. The summed E-state index contributed by atoms with van der Waals surface area (Å²) >= 11 is 0. The Labute approximate surface area is 127 Å². The highest BCUT2D eigenvalue weighted by Gasteiger charge is 2.22. The first kappa shape index (κ1) is 17.5. The zero-order valence-electron chi connectivity index (χ0n) is 14.0. The van der Waals surface area contributed by atoms with E-state index in [1.165, 1.54) is 0 Å². The van der Waals surface area contributed by atoms with Gasteiger partial charge in [-0.3, -0.25) is 9.48 Å². The predicted molar refractivity (Wildman–Crippen MR) is 86.1 cm³/mol. The van der Waals surface area contributed by atoms with Crippen LogP contribution in [0.1, 0.15) is 38.2 Å². The third kappa shape index (κ3) is 5.04. The van der Waals surface area contributed by atoms with Crippen molar-refractivity contribution in [2.24, 2.45) is 13.0 Å². The number of aromatic nitrogens is 2. The van der Waals surface area contributed by atoms with E-state index in [1.54, 1.807) is 17.9 Å². The number of aryl methyl sites for hydroxylation is 1. The second-order valence-corrected chi connectivity index (χ2v) is 5.78. The van der Waals surface area contributed by atoms with Crippen LogP contribution >= 0.6 is 0 Å². The predicted octanol–water partition coefficient (Wildman–Crippen LogP) is 1.44. The Kier molecular flexibility index (Phi) is 6.68. The molecular formula is C15H29N5O. The first-order valence-corrected chi connectivity index (χ1v) is 7.69. The monoisotopic (exact) mass is 295 g/mol. The average Bonchev–Trinajstić information content (AvgIpc) is 2.76. The van der Waals surface area contributed by atoms with E-state index < -0.39 is 0 Å². The van der Waals surface area contributed by atoms with Crippen LogP contribution in [0.2, 0.25) is 0 Å². The lowest BCUT2D eigenvalue weighted by atomic mass is 10.2. The first-order valence-electron chi connectivity index (χ1n) is 7.69. The Morgan fingerprint density at radius 2 is 1.95 bits per heavy atom. The van der Waals surface area contributed by atoms with Gasteiger partial charge in [0.05, 0.1) is 5.69 Å². The van der Waals surface area contributed by atoms with E-state index in [0.29, 0.717) is 23.8 Å². The molecule has 0 bridgehead atoms. The fraction of sp³-hybridized carbons (Fsp3) is 0.733. The van der Waals surface area contributed by atoms with Crippen LogP contribution < -0.4 is 5.73 Å². The van der Waals surface area contributed by atoms with Gasteiger partial charge in [0.1, 0.15) is 0 Å². The average molecular weight is 295 g/mol. The van der Waals surface area contributed by atoms with E-state index in [-0.39, 0.29) is 5.91 Å². The molecule has 0 atom stereocenters. The molecule has 6 nitrogen and oxygen atoms in total. The molecule has 0 aromatic carbocycles. The van der Waals surface area contributed by atoms with Gasteiger partial charge in [-0.05, 0) is 19.0 Å². The van der Waals surface area contributed by atoms with Crippen LogP contribution in [0.15, 0.2) is 6.20 Å². The lowest BCUT2D eigenvalue weighted by molar-refractivity contribution is 0.0711. The highest BCUT2D eigenvalue weighted by Crippen LogP contribution is 2.13. The van der Waals surface area contributed by atoms with Crippen LogP contribution in [-0.2, 0) is 7.05 Å². The van der Waals surface area contributed by atoms with Crippen molar-refractivity contribution in [1.82, 2.24) is 19.6 Å². The molecule has 0 unspecified atom stereocenters. The van der Waals surface area contributed by atoms with Crippen molar-refractivity contribution >= 4 is 11.6 Å². The van der Waals surface area contributed by atoms with E-state index in [4.69, 9.17) is 5.73 Å². The van der Waals surface area contributed by atoms with E-state index >= 15 is 0 Å². The van der Waals surface area contributed by atoms with Crippen LogP contribution in [0.5, 0.6) is 0 Å². The molecular weight excluding hydrogens is 266 g/mol. The molecule has 0 radical (unpaired) electrons. The summed E-state index contributed by atoms with van der Waals surface area (Å²) in [5, 5.41) is 4.19. The van der Waals surface area contributed by atoms with E-state index in [9.17, 15) is 4.79 Å². The number of rotatable bonds is 8. The molecule has 0 aliphatic carbocycles. The lowest BCUT2D eigenvalue weighted by Crippen LogP contribution is -2.41. The highest BCUT2D eigenvalue weighted by atomic mass is 16.2. The van der Waals surface area contributed by atoms with Crippen molar-refractivity contribution in [3.63, 3.8) is 0 Å². The summed E-state index contributed by atoms with van der Waals surface area (Å²) in [4.78, 5) is 16.8. The number of anilines is 1. The van der Waals surface area contributed by atoms with Gasteiger partial charge in [-0.15, -0.1) is 0 Å². The molecule has 0 fully saturated rings. The van der Waals surface area contributed by atoms with E-state index in [1.807, 2.05) is 4.90 Å². The van der Waals surface area contributed by atoms with Crippen molar-refractivity contribution in [1.29, 1.82) is 0 Å². The number of nitrogen functional groups attached to an aromatic ring is 1. The second kappa shape index (κ2) is 8.02. The summed E-state index contributed by atoms with van der Waals surface area (Å²) < 4.78 is 1.58. The molecule has 0 saturated carbocycles. The zero-order valence-corrected chi connectivity index (χ0v) is 14.0. The van der Waals surface area contributed by atoms with Gasteiger partial charge in [-0.1, -0.05) is 27.7 Å². The zero-order chi connectivity index (χ0) is 16.0. The van der Waals surface area contributed by atoms with Gasteiger partial charge in [0.2, 0.25) is 0 Å². The van der Waals surface area contributed by atoms with Crippen molar-refractivity contribution in [3.05, 3.63) is 11.9 Å². The standard InChI is InChI=1S/C15H29N5O/c1-6-19(7-2)8-9-20(10-12(3)4)15(21)14-13(16)11-18(5)17-14/h11-12H,6-10,16H2,1-5H3. The number of carbonyl (C=O) groups excluding carboxylic acids is 1. The smallest absolute Gasteiger partial charge is 0.276 e. The summed E-state index contributed by atoms with van der Waals surface area (Å²) in [7, 11) is 1.77. The summed E-state index contributed by atoms with van der Waals surface area (Å²) in [5.41, 5.74) is 6.68. The minimum atomic E-state index is -0.0750. The maximum Gasteiger partial charge on any atom is 0.276 e. The Hall–Kier alpha value is -1.56. The van der Waals surface area contributed by atoms with Gasteiger partial charge in [0.25, 0.3) is 5.91 Å². The number of hydrogen-bond donors (Lipinski definition) is 1. The fourth-order valence-corrected chi connectivity index (χ4v) is 2.34. The number of likely N-dealkylation sites (N-methyl/N-ethyl adjacent to an activating group) is 1. The molecule has 1 heterocycles. The minimum Gasteiger partial charge on any atom is -0.396 e. The SMILES string of the molecule is CCN(CC)CCN(CC(C)C)C(=O)c1nn(C)cc1N. The Balaban J connectivity index is 2.81. The minimum absolute atomic E-state index is 0.0750. The highest BCUT2D eigenvalue weighted by molar-refractivity contribution is 5.97. The molecule has 0 aliphatic rings. The summed E-state index contributed by atoms with van der Waals surface area (Å²) in [6, 6.07) is 0. The summed E-state index contributed by atoms with van der Waals surface area (Å²) in [6.45, 7) is 12.8. The third-order valence-electron chi connectivity index (χ3n) is 3.51. The maximum absolute atomic E-state index is 12.7. The van der Waals surface area contributed by atoms with E-state index in [0.717, 1.165) is 26.2 Å². The van der Waals surface area contributed by atoms with Crippen molar-refractivity contribution in [2.75, 3.05) is 38.5 Å². The molecule has 6 heteroatoms. The van der Waals surface area contributed by atoms with Crippen LogP contribution in [0.3, 0.4) is 0 Å². The van der Waals surface area contributed by atoms with Crippen molar-refractivity contribution < 1.29 is 4.79 Å². The summed E-state index contributed by atoms with van der Waals surface area (Å²) in [5.74, 6) is 0.338. The summed E-state index contributed by atoms with van der Waals surface area (Å²) in [6.07, 6.45) is 1.67. The third-order valence-corrected chi connectivity index (χ3v) is 3.51. The van der Waals surface area contributed by atoms with E-state index in [2.05, 4.69) is 37.7 Å². The normalized spacial score (nSPS) is 11.4. The molecule has 1 aromatic rings. The quantitative estimate of drug-likeness (QED) is 0.788. The van der Waals surface area contributed by atoms with Gasteiger partial charge >= 0.3 is 0 Å². The van der Waals surface area contributed by atoms with Gasteiger partial charge < -0.3 is 15.5 Å². The molecule has 1 amide bonds. The fourth-order valence-electron chi connectivity index (χ4n) is 2.34. The molecule has 0 spiro atoms. The molecule has 0 saturated heterocycles. The van der Waals surface area contributed by atoms with Crippen LogP contribution in [0.25, 0.3) is 0 Å². The molecule has 21 heavy (non-hydrogen) atoms. The molecule has 2 N–H and O–H groups in total. The van der Waals surface area contributed by atoms with Crippen molar-refractivity contribution in [3.8, 4) is 0 Å². The molecule has 120 valence electrons. The van der Waals surface area contributed by atoms with Gasteiger partial charge in [0, 0.05) is 32.9 Å². The number of nitrogens with zero attached hydrogens (tertiary/aromatic N) is 4. The molecule has 1 rings (SSSR count). The number of carbonyl (C=O) groups is 1. The topological polar surface area (TPSA) is 67.4 Å². The van der Waals surface area contributed by atoms with Gasteiger partial charge in [0.15, 0.2) is 5.69 Å². The maximum atomic E-state index is 12.7. The van der Waals surface area contributed by atoms with Crippen molar-refractivity contribution in [2.45, 2.75) is 27.7 Å². The number of amides is 1. The van der Waals surface area contributed by atoms with Gasteiger partial charge in [-0.2, -0.15) is 5.10 Å². The molecule has 1 aromatic heterocycles. The van der Waals surface area contributed by atoms with Crippen LogP contribution in [-0.4, -0.2) is 58.2 Å². The molecule has 0 aliphatic heterocycles. The Morgan fingerprint density at radius 1 is 1.33 bits per heavy atom. The lowest BCUT2D eigenvalue weighted by Gasteiger charge is -2.27. The Bertz CT molecular complexity index is 451. The Morgan fingerprint density at radius 3 is 2.38 bits per heavy atom. The van der Waals surface area contributed by atoms with Crippen LogP contribution in [0, 0.1) is 5.92 Å². The largest absolute Gasteiger partial charge is 0.396 e. The second-order valence-electron chi connectivity index (χ2n) is 5.78.